The van der Waals surface area contributed by atoms with Crippen LogP contribution in [0.3, 0.4) is 0 Å². The van der Waals surface area contributed by atoms with Gasteiger partial charge in [-0.1, -0.05) is 25.3 Å². The summed E-state index contributed by atoms with van der Waals surface area (Å²) < 4.78 is 0. The highest BCUT2D eigenvalue weighted by molar-refractivity contribution is 5.77. The lowest BCUT2D eigenvalue weighted by molar-refractivity contribution is -0.134. The molecule has 1 aliphatic carbocycles. The number of nitrogens with zero attached hydrogens (tertiary/aromatic N) is 2. The molecule has 0 radical (unpaired) electrons. The number of nitrogens with two attached hydrogens (primary N) is 1. The molecule has 1 aliphatic rings. The standard InChI is InChI=1S/C17H27N3O/c1-2-20(13-15-8-4-7-11-19-15)16(21)12-17(14-18)9-5-3-6-10-17/h4,7-8,11H,2-3,5-6,9-10,12-14,18H2,1H3. The second-order valence-corrected chi connectivity index (χ2v) is 6.17. The van der Waals surface area contributed by atoms with Crippen molar-refractivity contribution in [2.45, 2.75) is 52.0 Å². The Bertz CT molecular complexity index is 441. The van der Waals surface area contributed by atoms with Crippen LogP contribution in [0.15, 0.2) is 24.4 Å². The van der Waals surface area contributed by atoms with Crippen molar-refractivity contribution in [1.29, 1.82) is 0 Å². The van der Waals surface area contributed by atoms with E-state index < -0.39 is 0 Å². The van der Waals surface area contributed by atoms with Crippen LogP contribution >= 0.6 is 0 Å². The summed E-state index contributed by atoms with van der Waals surface area (Å²) in [4.78, 5) is 18.9. The van der Waals surface area contributed by atoms with E-state index in [9.17, 15) is 4.79 Å². The van der Waals surface area contributed by atoms with Crippen molar-refractivity contribution in [2.75, 3.05) is 13.1 Å². The largest absolute Gasteiger partial charge is 0.337 e. The highest BCUT2D eigenvalue weighted by Crippen LogP contribution is 2.38. The first-order valence-corrected chi connectivity index (χ1v) is 8.07. The van der Waals surface area contributed by atoms with Gasteiger partial charge in [-0.3, -0.25) is 9.78 Å². The lowest BCUT2D eigenvalue weighted by Gasteiger charge is -2.37. The van der Waals surface area contributed by atoms with Gasteiger partial charge in [0, 0.05) is 19.2 Å². The topological polar surface area (TPSA) is 59.2 Å². The SMILES string of the molecule is CCN(Cc1ccccn1)C(=O)CC1(CN)CCCCC1. The monoisotopic (exact) mass is 289 g/mol. The van der Waals surface area contributed by atoms with Crippen molar-refractivity contribution in [3.05, 3.63) is 30.1 Å². The van der Waals surface area contributed by atoms with Gasteiger partial charge in [-0.25, -0.2) is 0 Å². The Morgan fingerprint density at radius 3 is 2.67 bits per heavy atom. The third-order valence-corrected chi connectivity index (χ3v) is 4.69. The number of hydrogen-bond donors (Lipinski definition) is 1. The third-order valence-electron chi connectivity index (χ3n) is 4.69. The third kappa shape index (κ3) is 4.27. The summed E-state index contributed by atoms with van der Waals surface area (Å²) >= 11 is 0. The average Bonchev–Trinajstić information content (AvgIpc) is 2.54. The van der Waals surface area contributed by atoms with Crippen LogP contribution < -0.4 is 5.73 Å². The summed E-state index contributed by atoms with van der Waals surface area (Å²) in [5, 5.41) is 0. The van der Waals surface area contributed by atoms with E-state index in [1.165, 1.54) is 19.3 Å². The van der Waals surface area contributed by atoms with E-state index in [2.05, 4.69) is 4.98 Å². The molecule has 4 heteroatoms. The maximum Gasteiger partial charge on any atom is 0.223 e. The number of rotatable bonds is 6. The molecule has 1 saturated carbocycles. The molecule has 0 unspecified atom stereocenters. The number of aromatic nitrogens is 1. The molecule has 1 heterocycles. The quantitative estimate of drug-likeness (QED) is 0.876. The molecule has 0 spiro atoms. The zero-order valence-corrected chi connectivity index (χ0v) is 13.1. The first kappa shape index (κ1) is 16.0. The van der Waals surface area contributed by atoms with Crippen molar-refractivity contribution in [3.8, 4) is 0 Å². The molecule has 2 rings (SSSR count). The van der Waals surface area contributed by atoms with Gasteiger partial charge in [0.25, 0.3) is 0 Å². The molecular weight excluding hydrogens is 262 g/mol. The molecule has 0 saturated heterocycles. The maximum absolute atomic E-state index is 12.7. The molecular formula is C17H27N3O. The molecule has 0 atom stereocenters. The normalized spacial score (nSPS) is 17.4. The number of carbonyl (C=O) groups is 1. The number of hydrogen-bond acceptors (Lipinski definition) is 3. The second-order valence-electron chi connectivity index (χ2n) is 6.17. The van der Waals surface area contributed by atoms with Crippen LogP contribution in [0.4, 0.5) is 0 Å². The van der Waals surface area contributed by atoms with Crippen molar-refractivity contribution in [1.82, 2.24) is 9.88 Å². The molecule has 4 nitrogen and oxygen atoms in total. The van der Waals surface area contributed by atoms with Gasteiger partial charge in [0.05, 0.1) is 12.2 Å². The van der Waals surface area contributed by atoms with Gasteiger partial charge >= 0.3 is 0 Å². The van der Waals surface area contributed by atoms with Crippen molar-refractivity contribution in [3.63, 3.8) is 0 Å². The van der Waals surface area contributed by atoms with Gasteiger partial charge in [-0.15, -0.1) is 0 Å². The smallest absolute Gasteiger partial charge is 0.223 e. The molecule has 1 fully saturated rings. The molecule has 21 heavy (non-hydrogen) atoms. The summed E-state index contributed by atoms with van der Waals surface area (Å²) in [6, 6.07) is 5.82. The van der Waals surface area contributed by atoms with Crippen LogP contribution in [-0.2, 0) is 11.3 Å². The zero-order chi connectivity index (χ0) is 15.1. The predicted molar refractivity (Wildman–Crippen MR) is 84.5 cm³/mol. The van der Waals surface area contributed by atoms with Gasteiger partial charge in [-0.2, -0.15) is 0 Å². The number of pyridine rings is 1. The van der Waals surface area contributed by atoms with Gasteiger partial charge < -0.3 is 10.6 Å². The van der Waals surface area contributed by atoms with Crippen molar-refractivity contribution in [2.24, 2.45) is 11.1 Å². The predicted octanol–water partition coefficient (Wildman–Crippen LogP) is 2.73. The molecule has 0 aromatic carbocycles. The Balaban J connectivity index is 1.99. The van der Waals surface area contributed by atoms with Gasteiger partial charge in [0.1, 0.15) is 0 Å². The molecule has 1 aromatic rings. The highest BCUT2D eigenvalue weighted by Gasteiger charge is 2.34. The fourth-order valence-electron chi connectivity index (χ4n) is 3.25. The minimum Gasteiger partial charge on any atom is -0.337 e. The minimum atomic E-state index is 0.0346. The summed E-state index contributed by atoms with van der Waals surface area (Å²) in [6.07, 6.45) is 8.24. The average molecular weight is 289 g/mol. The van der Waals surface area contributed by atoms with E-state index in [0.717, 1.165) is 25.1 Å². The number of amides is 1. The van der Waals surface area contributed by atoms with E-state index >= 15 is 0 Å². The van der Waals surface area contributed by atoms with Crippen LogP contribution in [0.2, 0.25) is 0 Å². The highest BCUT2D eigenvalue weighted by atomic mass is 16.2. The molecule has 0 bridgehead atoms. The summed E-state index contributed by atoms with van der Waals surface area (Å²) in [7, 11) is 0. The lowest BCUT2D eigenvalue weighted by Crippen LogP contribution is -2.40. The summed E-state index contributed by atoms with van der Waals surface area (Å²) in [5.74, 6) is 0.218. The van der Waals surface area contributed by atoms with Crippen LogP contribution in [0.1, 0.15) is 51.1 Å². The van der Waals surface area contributed by atoms with Gasteiger partial charge in [0.15, 0.2) is 0 Å². The Hall–Kier alpha value is -1.42. The first-order chi connectivity index (χ1) is 10.2. The summed E-state index contributed by atoms with van der Waals surface area (Å²) in [5.41, 5.74) is 6.97. The second kappa shape index (κ2) is 7.55. The number of carbonyl (C=O) groups excluding carboxylic acids is 1. The fraction of sp³-hybridized carbons (Fsp3) is 0.647. The fourth-order valence-corrected chi connectivity index (χ4v) is 3.25. The first-order valence-electron chi connectivity index (χ1n) is 8.07. The van der Waals surface area contributed by atoms with E-state index in [1.807, 2.05) is 30.0 Å². The Morgan fingerprint density at radius 1 is 1.33 bits per heavy atom. The van der Waals surface area contributed by atoms with E-state index in [4.69, 9.17) is 5.73 Å². The van der Waals surface area contributed by atoms with Gasteiger partial charge in [-0.05, 0) is 43.9 Å². The van der Waals surface area contributed by atoms with Crippen LogP contribution in [-0.4, -0.2) is 28.9 Å². The minimum absolute atomic E-state index is 0.0346. The Labute approximate surface area is 127 Å². The van der Waals surface area contributed by atoms with E-state index in [0.29, 0.717) is 19.5 Å². The van der Waals surface area contributed by atoms with Crippen molar-refractivity contribution >= 4 is 5.91 Å². The van der Waals surface area contributed by atoms with Crippen molar-refractivity contribution < 1.29 is 4.79 Å². The lowest BCUT2D eigenvalue weighted by atomic mass is 9.71. The molecule has 0 aliphatic heterocycles. The van der Waals surface area contributed by atoms with Gasteiger partial charge in [0.2, 0.25) is 5.91 Å². The van der Waals surface area contributed by atoms with Crippen LogP contribution in [0.5, 0.6) is 0 Å². The summed E-state index contributed by atoms with van der Waals surface area (Å²) in [6.45, 7) is 3.96. The molecule has 1 amide bonds. The Morgan fingerprint density at radius 2 is 2.10 bits per heavy atom. The zero-order valence-electron chi connectivity index (χ0n) is 13.1. The Kier molecular flexibility index (Phi) is 5.74. The maximum atomic E-state index is 12.7. The van der Waals surface area contributed by atoms with E-state index in [1.54, 1.807) is 6.20 Å². The van der Waals surface area contributed by atoms with Crippen LogP contribution in [0, 0.1) is 5.41 Å². The van der Waals surface area contributed by atoms with Crippen LogP contribution in [0.25, 0.3) is 0 Å². The molecule has 116 valence electrons. The van der Waals surface area contributed by atoms with E-state index in [-0.39, 0.29) is 11.3 Å². The molecule has 1 aromatic heterocycles. The molecule has 2 N–H and O–H groups in total.